The third-order valence-corrected chi connectivity index (χ3v) is 8.04. The second-order valence-electron chi connectivity index (χ2n) is 8.58. The van der Waals surface area contributed by atoms with Gasteiger partial charge in [0, 0.05) is 28.0 Å². The molecule has 4 nitrogen and oxygen atoms in total. The fourth-order valence-corrected chi connectivity index (χ4v) is 6.33. The first kappa shape index (κ1) is 19.4. The monoisotopic (exact) mass is 419 g/mol. The minimum absolute atomic E-state index is 0.0125. The van der Waals surface area contributed by atoms with E-state index in [1.54, 1.807) is 0 Å². The van der Waals surface area contributed by atoms with E-state index in [0.29, 0.717) is 6.54 Å². The highest BCUT2D eigenvalue weighted by atomic mass is 32.1. The molecular formula is C25H29N3OS. The maximum Gasteiger partial charge on any atom is 0.322 e. The van der Waals surface area contributed by atoms with Gasteiger partial charge in [0.25, 0.3) is 0 Å². The molecule has 0 spiro atoms. The number of urea groups is 1. The summed E-state index contributed by atoms with van der Waals surface area (Å²) < 4.78 is 2.34. The first-order chi connectivity index (χ1) is 14.6. The Bertz CT molecular complexity index is 1110. The van der Waals surface area contributed by atoms with Crippen LogP contribution in [0, 0.1) is 13.8 Å². The van der Waals surface area contributed by atoms with E-state index >= 15 is 0 Å². The normalized spacial score (nSPS) is 17.7. The lowest BCUT2D eigenvalue weighted by Crippen LogP contribution is -2.37. The molecule has 5 rings (SSSR count). The van der Waals surface area contributed by atoms with Crippen molar-refractivity contribution in [3.63, 3.8) is 0 Å². The molecule has 156 valence electrons. The van der Waals surface area contributed by atoms with E-state index in [2.05, 4.69) is 66.0 Å². The number of nitrogens with one attached hydrogen (secondary N) is 1. The van der Waals surface area contributed by atoms with Crippen molar-refractivity contribution in [2.45, 2.75) is 65.5 Å². The number of carbonyl (C=O) groups excluding carboxylic acids is 1. The second-order valence-corrected chi connectivity index (χ2v) is 9.66. The second kappa shape index (κ2) is 7.62. The SMILES string of the molecule is CCC1c2cccn2-c2sc3c(c2CN1C(=O)Nc1ccc(C)c(C)c1)CCCC3. The Morgan fingerprint density at radius 3 is 2.77 bits per heavy atom. The average Bonchev–Trinajstić information content (AvgIpc) is 3.33. The summed E-state index contributed by atoms with van der Waals surface area (Å²) in [4.78, 5) is 17.1. The number of hydrogen-bond acceptors (Lipinski definition) is 2. The number of thiophene rings is 1. The standard InChI is InChI=1S/C25H29N3OS/c1-4-21-22-9-7-13-27(22)24-20(19-8-5-6-10-23(19)30-24)15-28(21)25(29)26-18-12-11-16(2)17(3)14-18/h7,9,11-14,21H,4-6,8,10,15H2,1-3H3,(H,26,29). The predicted octanol–water partition coefficient (Wildman–Crippen LogP) is 6.53. The summed E-state index contributed by atoms with van der Waals surface area (Å²) in [7, 11) is 0. The molecule has 1 unspecified atom stereocenters. The molecule has 1 aliphatic carbocycles. The van der Waals surface area contributed by atoms with Gasteiger partial charge in [0.2, 0.25) is 0 Å². The highest BCUT2D eigenvalue weighted by Gasteiger charge is 2.34. The molecule has 0 saturated heterocycles. The Hall–Kier alpha value is -2.53. The molecule has 2 aromatic heterocycles. The van der Waals surface area contributed by atoms with Gasteiger partial charge in [0.05, 0.1) is 12.6 Å². The smallest absolute Gasteiger partial charge is 0.312 e. The Morgan fingerprint density at radius 2 is 1.97 bits per heavy atom. The topological polar surface area (TPSA) is 37.3 Å². The van der Waals surface area contributed by atoms with E-state index in [4.69, 9.17) is 0 Å². The third-order valence-electron chi connectivity index (χ3n) is 6.71. The number of anilines is 1. The van der Waals surface area contributed by atoms with Crippen molar-refractivity contribution in [2.75, 3.05) is 5.32 Å². The maximum atomic E-state index is 13.5. The molecule has 1 N–H and O–H groups in total. The van der Waals surface area contributed by atoms with Crippen molar-refractivity contribution >= 4 is 23.1 Å². The van der Waals surface area contributed by atoms with Crippen LogP contribution in [0.2, 0.25) is 0 Å². The molecule has 1 aliphatic heterocycles. The first-order valence-corrected chi connectivity index (χ1v) is 11.8. The van der Waals surface area contributed by atoms with E-state index in [9.17, 15) is 4.79 Å². The molecule has 2 amide bonds. The first-order valence-electron chi connectivity index (χ1n) is 11.0. The maximum absolute atomic E-state index is 13.5. The molecule has 0 bridgehead atoms. The van der Waals surface area contributed by atoms with Crippen LogP contribution in [-0.2, 0) is 19.4 Å². The van der Waals surface area contributed by atoms with Gasteiger partial charge < -0.3 is 14.8 Å². The summed E-state index contributed by atoms with van der Waals surface area (Å²) in [5, 5.41) is 4.50. The number of hydrogen-bond donors (Lipinski definition) is 1. The van der Waals surface area contributed by atoms with Crippen LogP contribution >= 0.6 is 11.3 Å². The van der Waals surface area contributed by atoms with Crippen LogP contribution in [-0.4, -0.2) is 15.5 Å². The van der Waals surface area contributed by atoms with Crippen molar-refractivity contribution in [3.05, 3.63) is 69.4 Å². The molecule has 3 aromatic rings. The van der Waals surface area contributed by atoms with Gasteiger partial charge in [-0.1, -0.05) is 13.0 Å². The fraction of sp³-hybridized carbons (Fsp3) is 0.400. The minimum Gasteiger partial charge on any atom is -0.312 e. The number of rotatable bonds is 2. The molecule has 5 heteroatoms. The number of amides is 2. The van der Waals surface area contributed by atoms with Gasteiger partial charge in [0.1, 0.15) is 5.00 Å². The van der Waals surface area contributed by atoms with Crippen LogP contribution in [0.3, 0.4) is 0 Å². The summed E-state index contributed by atoms with van der Waals surface area (Å²) in [5.41, 5.74) is 7.37. The van der Waals surface area contributed by atoms with E-state index in [1.165, 1.54) is 57.1 Å². The molecule has 2 aliphatic rings. The van der Waals surface area contributed by atoms with Gasteiger partial charge in [-0.05, 0) is 86.9 Å². The lowest BCUT2D eigenvalue weighted by Gasteiger charge is -2.30. The van der Waals surface area contributed by atoms with Crippen LogP contribution in [0.1, 0.15) is 65.1 Å². The summed E-state index contributed by atoms with van der Waals surface area (Å²) in [6.45, 7) is 7.03. The van der Waals surface area contributed by atoms with Gasteiger partial charge >= 0.3 is 6.03 Å². The van der Waals surface area contributed by atoms with Gasteiger partial charge in [-0.25, -0.2) is 4.79 Å². The Labute approximate surface area is 182 Å². The largest absolute Gasteiger partial charge is 0.322 e. The highest BCUT2D eigenvalue weighted by molar-refractivity contribution is 7.15. The van der Waals surface area contributed by atoms with Crippen LogP contribution in [0.5, 0.6) is 0 Å². The molecule has 1 atom stereocenters. The van der Waals surface area contributed by atoms with Crippen molar-refractivity contribution in [1.29, 1.82) is 0 Å². The summed E-state index contributed by atoms with van der Waals surface area (Å²) in [6.07, 6.45) is 7.90. The molecule has 0 saturated carbocycles. The average molecular weight is 420 g/mol. The van der Waals surface area contributed by atoms with Gasteiger partial charge in [-0.2, -0.15) is 0 Å². The van der Waals surface area contributed by atoms with E-state index < -0.39 is 0 Å². The Balaban J connectivity index is 1.55. The number of aryl methyl sites for hydroxylation is 3. The van der Waals surface area contributed by atoms with Gasteiger partial charge in [-0.15, -0.1) is 11.3 Å². The third kappa shape index (κ3) is 3.16. The number of aromatic nitrogens is 1. The van der Waals surface area contributed by atoms with Crippen molar-refractivity contribution in [2.24, 2.45) is 0 Å². The summed E-state index contributed by atoms with van der Waals surface area (Å²) in [6, 6.07) is 10.5. The Morgan fingerprint density at radius 1 is 1.13 bits per heavy atom. The van der Waals surface area contributed by atoms with Crippen molar-refractivity contribution in [3.8, 4) is 5.00 Å². The fourth-order valence-electron chi connectivity index (χ4n) is 4.92. The zero-order valence-corrected chi connectivity index (χ0v) is 18.8. The zero-order chi connectivity index (χ0) is 20.8. The number of nitrogens with zero attached hydrogens (tertiary/aromatic N) is 2. The number of benzene rings is 1. The lowest BCUT2D eigenvalue weighted by molar-refractivity contribution is 0.181. The van der Waals surface area contributed by atoms with E-state index in [-0.39, 0.29) is 12.1 Å². The van der Waals surface area contributed by atoms with Crippen molar-refractivity contribution < 1.29 is 4.79 Å². The minimum atomic E-state index is -0.0125. The molecule has 0 radical (unpaired) electrons. The van der Waals surface area contributed by atoms with Gasteiger partial charge in [-0.3, -0.25) is 0 Å². The lowest BCUT2D eigenvalue weighted by atomic mass is 9.95. The summed E-state index contributed by atoms with van der Waals surface area (Å²) in [5.74, 6) is 0. The van der Waals surface area contributed by atoms with E-state index in [1.807, 2.05) is 17.4 Å². The van der Waals surface area contributed by atoms with Crippen LogP contribution in [0.15, 0.2) is 36.5 Å². The summed E-state index contributed by atoms with van der Waals surface area (Å²) >= 11 is 1.94. The highest BCUT2D eigenvalue weighted by Crippen LogP contribution is 2.43. The van der Waals surface area contributed by atoms with Crippen LogP contribution in [0.4, 0.5) is 10.5 Å². The zero-order valence-electron chi connectivity index (χ0n) is 18.0. The molecule has 3 heterocycles. The van der Waals surface area contributed by atoms with Crippen LogP contribution < -0.4 is 5.32 Å². The molecular weight excluding hydrogens is 390 g/mol. The molecule has 30 heavy (non-hydrogen) atoms. The molecule has 0 fully saturated rings. The van der Waals surface area contributed by atoms with Crippen LogP contribution in [0.25, 0.3) is 5.00 Å². The van der Waals surface area contributed by atoms with E-state index in [0.717, 1.165) is 18.5 Å². The van der Waals surface area contributed by atoms with Crippen molar-refractivity contribution in [1.82, 2.24) is 9.47 Å². The van der Waals surface area contributed by atoms with Gasteiger partial charge in [0.15, 0.2) is 0 Å². The molecule has 1 aromatic carbocycles. The quantitative estimate of drug-likeness (QED) is 0.503. The Kier molecular flexibility index (Phi) is 4.94. The predicted molar refractivity (Wildman–Crippen MR) is 124 cm³/mol. The number of carbonyl (C=O) groups is 1. The number of fused-ring (bicyclic) bond motifs is 5.